The van der Waals surface area contributed by atoms with E-state index in [0.717, 1.165) is 17.7 Å². The summed E-state index contributed by atoms with van der Waals surface area (Å²) >= 11 is 0. The minimum atomic E-state index is -4.58. The molecule has 2 aromatic rings. The third-order valence-electron chi connectivity index (χ3n) is 3.00. The summed E-state index contributed by atoms with van der Waals surface area (Å²) in [5.41, 5.74) is -0.541. The maximum atomic E-state index is 12.9. The van der Waals surface area contributed by atoms with Crippen LogP contribution in [0.15, 0.2) is 48.5 Å². The van der Waals surface area contributed by atoms with Gasteiger partial charge in [-0.25, -0.2) is 0 Å². The molecule has 0 N–H and O–H groups in total. The van der Waals surface area contributed by atoms with Gasteiger partial charge in [-0.2, -0.15) is 18.4 Å². The summed E-state index contributed by atoms with van der Waals surface area (Å²) in [5, 5.41) is 8.74. The first-order chi connectivity index (χ1) is 9.91. The van der Waals surface area contributed by atoms with Crippen LogP contribution in [0.25, 0.3) is 0 Å². The molecule has 0 radical (unpaired) electrons. The lowest BCUT2D eigenvalue weighted by Gasteiger charge is -2.17. The molecule has 0 saturated carbocycles. The Morgan fingerprint density at radius 3 is 2.33 bits per heavy atom. The molecule has 0 spiro atoms. The van der Waals surface area contributed by atoms with Crippen LogP contribution in [0.5, 0.6) is 5.75 Å². The molecule has 2 nitrogen and oxygen atoms in total. The molecule has 0 saturated heterocycles. The third-order valence-corrected chi connectivity index (χ3v) is 3.00. The van der Waals surface area contributed by atoms with Crippen molar-refractivity contribution in [3.05, 3.63) is 65.2 Å². The Bertz CT molecular complexity index is 659. The Morgan fingerprint density at radius 2 is 1.76 bits per heavy atom. The van der Waals surface area contributed by atoms with Gasteiger partial charge in [-0.3, -0.25) is 0 Å². The summed E-state index contributed by atoms with van der Waals surface area (Å²) < 4.78 is 44.1. The Balaban J connectivity index is 2.28. The molecule has 0 aliphatic carbocycles. The zero-order valence-electron chi connectivity index (χ0n) is 11.2. The van der Waals surface area contributed by atoms with E-state index in [1.165, 1.54) is 12.1 Å². The molecule has 0 amide bonds. The summed E-state index contributed by atoms with van der Waals surface area (Å²) in [7, 11) is 0. The number of rotatable bonds is 3. The van der Waals surface area contributed by atoms with Crippen molar-refractivity contribution in [2.24, 2.45) is 0 Å². The Labute approximate surface area is 120 Å². The highest BCUT2D eigenvalue weighted by Crippen LogP contribution is 2.35. The largest absolute Gasteiger partial charge is 0.486 e. The second-order valence-electron chi connectivity index (χ2n) is 4.49. The van der Waals surface area contributed by atoms with E-state index in [1.54, 1.807) is 6.92 Å². The van der Waals surface area contributed by atoms with E-state index in [9.17, 15) is 13.2 Å². The lowest BCUT2D eigenvalue weighted by Crippen LogP contribution is -2.09. The van der Waals surface area contributed by atoms with Crippen LogP contribution in [0, 0.1) is 11.3 Å². The first-order valence-corrected chi connectivity index (χ1v) is 6.25. The SMILES string of the molecule is C[C@@H](Oc1ccc(C#N)c(C(F)(F)F)c1)c1ccccc1. The van der Waals surface area contributed by atoms with E-state index in [4.69, 9.17) is 10.00 Å². The number of alkyl halides is 3. The Kier molecular flexibility index (Phi) is 4.18. The summed E-state index contributed by atoms with van der Waals surface area (Å²) in [6.07, 6.45) is -4.97. The van der Waals surface area contributed by atoms with Crippen LogP contribution in [0.2, 0.25) is 0 Å². The summed E-state index contributed by atoms with van der Waals surface area (Å²) in [6.45, 7) is 1.75. The van der Waals surface area contributed by atoms with E-state index in [-0.39, 0.29) is 11.9 Å². The van der Waals surface area contributed by atoms with Crippen molar-refractivity contribution >= 4 is 0 Å². The molecule has 2 aromatic carbocycles. The monoisotopic (exact) mass is 291 g/mol. The van der Waals surface area contributed by atoms with Crippen molar-refractivity contribution in [1.82, 2.24) is 0 Å². The van der Waals surface area contributed by atoms with Crippen LogP contribution >= 0.6 is 0 Å². The quantitative estimate of drug-likeness (QED) is 0.820. The zero-order chi connectivity index (χ0) is 15.5. The van der Waals surface area contributed by atoms with Crippen molar-refractivity contribution in [2.75, 3.05) is 0 Å². The van der Waals surface area contributed by atoms with Gasteiger partial charge >= 0.3 is 6.18 Å². The minimum absolute atomic E-state index is 0.0812. The van der Waals surface area contributed by atoms with Crippen molar-refractivity contribution in [3.63, 3.8) is 0 Å². The average molecular weight is 291 g/mol. The molecule has 0 aliphatic rings. The maximum absolute atomic E-state index is 12.9. The number of benzene rings is 2. The highest BCUT2D eigenvalue weighted by atomic mass is 19.4. The number of hydrogen-bond donors (Lipinski definition) is 0. The van der Waals surface area contributed by atoms with E-state index >= 15 is 0 Å². The molecule has 1 atom stereocenters. The number of nitriles is 1. The number of halogens is 3. The molecule has 0 fully saturated rings. The topological polar surface area (TPSA) is 33.0 Å². The minimum Gasteiger partial charge on any atom is -0.486 e. The summed E-state index contributed by atoms with van der Waals surface area (Å²) in [4.78, 5) is 0. The Hall–Kier alpha value is -2.48. The predicted molar refractivity (Wildman–Crippen MR) is 71.6 cm³/mol. The van der Waals surface area contributed by atoms with Gasteiger partial charge in [-0.05, 0) is 30.7 Å². The molecule has 0 aromatic heterocycles. The van der Waals surface area contributed by atoms with Gasteiger partial charge in [0.1, 0.15) is 11.9 Å². The molecule has 108 valence electrons. The van der Waals surface area contributed by atoms with Crippen LogP contribution in [-0.4, -0.2) is 0 Å². The van der Waals surface area contributed by atoms with E-state index < -0.39 is 17.3 Å². The fourth-order valence-corrected chi connectivity index (χ4v) is 1.92. The number of hydrogen-bond acceptors (Lipinski definition) is 2. The van der Waals surface area contributed by atoms with E-state index in [0.29, 0.717) is 0 Å². The smallest absolute Gasteiger partial charge is 0.417 e. The van der Waals surface area contributed by atoms with Gasteiger partial charge < -0.3 is 4.74 Å². The molecule has 0 heterocycles. The normalized spacial score (nSPS) is 12.5. The van der Waals surface area contributed by atoms with E-state index in [1.807, 2.05) is 30.3 Å². The van der Waals surface area contributed by atoms with Crippen LogP contribution in [0.4, 0.5) is 13.2 Å². The fourth-order valence-electron chi connectivity index (χ4n) is 1.92. The van der Waals surface area contributed by atoms with Gasteiger partial charge in [0.25, 0.3) is 0 Å². The highest BCUT2D eigenvalue weighted by Gasteiger charge is 2.34. The van der Waals surface area contributed by atoms with Gasteiger partial charge in [-0.15, -0.1) is 0 Å². The van der Waals surface area contributed by atoms with Crippen LogP contribution in [0.1, 0.15) is 29.7 Å². The van der Waals surface area contributed by atoms with Gasteiger partial charge in [0.2, 0.25) is 0 Å². The van der Waals surface area contributed by atoms with Gasteiger partial charge in [0.15, 0.2) is 0 Å². The number of ether oxygens (including phenoxy) is 1. The highest BCUT2D eigenvalue weighted by molar-refractivity contribution is 5.44. The predicted octanol–water partition coefficient (Wildman–Crippen LogP) is 4.72. The van der Waals surface area contributed by atoms with Crippen molar-refractivity contribution in [1.29, 1.82) is 5.26 Å². The Morgan fingerprint density at radius 1 is 1.10 bits per heavy atom. The lowest BCUT2D eigenvalue weighted by atomic mass is 10.1. The molecule has 0 unspecified atom stereocenters. The van der Waals surface area contributed by atoms with Crippen LogP contribution in [0.3, 0.4) is 0 Å². The molecular weight excluding hydrogens is 279 g/mol. The van der Waals surface area contributed by atoms with Gasteiger partial charge in [-0.1, -0.05) is 30.3 Å². The van der Waals surface area contributed by atoms with Crippen molar-refractivity contribution in [2.45, 2.75) is 19.2 Å². The van der Waals surface area contributed by atoms with Crippen molar-refractivity contribution < 1.29 is 17.9 Å². The second-order valence-corrected chi connectivity index (χ2v) is 4.49. The molecule has 5 heteroatoms. The zero-order valence-corrected chi connectivity index (χ0v) is 11.2. The molecule has 0 bridgehead atoms. The average Bonchev–Trinajstić information content (AvgIpc) is 2.47. The lowest BCUT2D eigenvalue weighted by molar-refractivity contribution is -0.137. The van der Waals surface area contributed by atoms with Gasteiger partial charge in [0, 0.05) is 0 Å². The van der Waals surface area contributed by atoms with Crippen LogP contribution in [-0.2, 0) is 6.18 Å². The summed E-state index contributed by atoms with van der Waals surface area (Å²) in [5.74, 6) is 0.0812. The standard InChI is InChI=1S/C16H12F3NO/c1-11(12-5-3-2-4-6-12)21-14-8-7-13(10-20)15(9-14)16(17,18)19/h2-9,11H,1H3/t11-/m1/s1. The third kappa shape index (κ3) is 3.54. The molecular formula is C16H12F3NO. The first-order valence-electron chi connectivity index (χ1n) is 6.25. The maximum Gasteiger partial charge on any atom is 0.417 e. The van der Waals surface area contributed by atoms with E-state index in [2.05, 4.69) is 0 Å². The van der Waals surface area contributed by atoms with Crippen LogP contribution < -0.4 is 4.74 Å². The fraction of sp³-hybridized carbons (Fsp3) is 0.188. The second kappa shape index (κ2) is 5.88. The number of nitrogens with zero attached hydrogens (tertiary/aromatic N) is 1. The molecule has 2 rings (SSSR count). The molecule has 21 heavy (non-hydrogen) atoms. The van der Waals surface area contributed by atoms with Gasteiger partial charge in [0.05, 0.1) is 17.2 Å². The molecule has 0 aliphatic heterocycles. The first kappa shape index (κ1) is 14.9. The van der Waals surface area contributed by atoms with Crippen molar-refractivity contribution in [3.8, 4) is 11.8 Å². The summed E-state index contributed by atoms with van der Waals surface area (Å²) in [6, 6.07) is 14.1.